The van der Waals surface area contributed by atoms with E-state index in [1.807, 2.05) is 60.7 Å². The zero-order valence-corrected chi connectivity index (χ0v) is 38.8. The number of amides is 7. The summed E-state index contributed by atoms with van der Waals surface area (Å²) in [5.74, 6) is -4.66. The van der Waals surface area contributed by atoms with Gasteiger partial charge in [0.1, 0.15) is 42.1 Å². The van der Waals surface area contributed by atoms with Gasteiger partial charge in [-0.2, -0.15) is 0 Å². The van der Waals surface area contributed by atoms with Gasteiger partial charge in [-0.15, -0.1) is 11.3 Å². The maximum Gasteiger partial charge on any atom is 0.245 e. The predicted octanol–water partition coefficient (Wildman–Crippen LogP) is 3.70. The van der Waals surface area contributed by atoms with Gasteiger partial charge in [0, 0.05) is 42.3 Å². The maximum absolute atomic E-state index is 14.6. The van der Waals surface area contributed by atoms with Crippen LogP contribution in [0.5, 0.6) is 0 Å². The molecule has 3 aromatic carbocycles. The van der Waals surface area contributed by atoms with Crippen molar-refractivity contribution in [2.75, 3.05) is 13.1 Å². The molecule has 1 saturated carbocycles. The van der Waals surface area contributed by atoms with Gasteiger partial charge < -0.3 is 43.0 Å². The first-order chi connectivity index (χ1) is 32.3. The van der Waals surface area contributed by atoms with Gasteiger partial charge in [-0.05, 0) is 79.3 Å². The Morgan fingerprint density at radius 2 is 1.34 bits per heavy atom. The second-order valence-corrected chi connectivity index (χ2v) is 18.9. The Kier molecular flexibility index (Phi) is 18.4. The SMILES string of the molecule is CC(=O)N[C@@H](Cc1ccccc1F)C(=O)N[C@@H](CCCN)C(=O)N1CCC[C@H]1C(=O)N[C@H](CC1CCCCC1)C(=O)N[C@@H](Cc1cc2ccccc2s1)C(=O)N[C@@H](Cc1ccccc1)C(N)=O. The van der Waals surface area contributed by atoms with Crippen LogP contribution in [0.3, 0.4) is 0 Å². The van der Waals surface area contributed by atoms with Crippen LogP contribution in [0.4, 0.5) is 4.39 Å². The minimum Gasteiger partial charge on any atom is -0.368 e. The van der Waals surface area contributed by atoms with Gasteiger partial charge in [-0.3, -0.25) is 33.6 Å². The first kappa shape index (κ1) is 50.2. The summed E-state index contributed by atoms with van der Waals surface area (Å²) in [6, 6.07) is 18.2. The lowest BCUT2D eigenvalue weighted by Crippen LogP contribution is -2.60. The van der Waals surface area contributed by atoms with E-state index in [-0.39, 0.29) is 50.3 Å². The molecular weight excluding hydrogens is 876 g/mol. The van der Waals surface area contributed by atoms with Crippen LogP contribution < -0.4 is 38.1 Å². The van der Waals surface area contributed by atoms with Gasteiger partial charge >= 0.3 is 0 Å². The van der Waals surface area contributed by atoms with Crippen LogP contribution >= 0.6 is 11.3 Å². The molecule has 17 heteroatoms. The number of likely N-dealkylation sites (tertiary alicyclic amines) is 1. The zero-order valence-electron chi connectivity index (χ0n) is 38.0. The van der Waals surface area contributed by atoms with Crippen molar-refractivity contribution in [1.29, 1.82) is 0 Å². The average molecular weight is 939 g/mol. The molecule has 2 heterocycles. The van der Waals surface area contributed by atoms with Crippen LogP contribution in [-0.4, -0.2) is 95.6 Å². The van der Waals surface area contributed by atoms with Crippen LogP contribution in [0.1, 0.15) is 87.1 Å². The normalized spacial score (nSPS) is 17.4. The average Bonchev–Trinajstić information content (AvgIpc) is 3.98. The maximum atomic E-state index is 14.6. The monoisotopic (exact) mass is 938 g/mol. The summed E-state index contributed by atoms with van der Waals surface area (Å²) in [6.07, 6.45) is 6.37. The lowest BCUT2D eigenvalue weighted by molar-refractivity contribution is -0.142. The Morgan fingerprint density at radius 1 is 0.701 bits per heavy atom. The molecule has 1 aromatic heterocycles. The lowest BCUT2D eigenvalue weighted by atomic mass is 9.84. The first-order valence-electron chi connectivity index (χ1n) is 23.3. The van der Waals surface area contributed by atoms with Crippen molar-refractivity contribution in [2.24, 2.45) is 17.4 Å². The molecule has 9 N–H and O–H groups in total. The Morgan fingerprint density at radius 3 is 2.03 bits per heavy atom. The summed E-state index contributed by atoms with van der Waals surface area (Å²) < 4.78 is 15.7. The van der Waals surface area contributed by atoms with Crippen molar-refractivity contribution in [3.05, 3.63) is 107 Å². The third kappa shape index (κ3) is 14.4. The van der Waals surface area contributed by atoms with E-state index in [0.717, 1.165) is 52.6 Å². The highest BCUT2D eigenvalue weighted by Crippen LogP contribution is 2.29. The van der Waals surface area contributed by atoms with E-state index >= 15 is 0 Å². The van der Waals surface area contributed by atoms with E-state index in [9.17, 15) is 38.0 Å². The Balaban J connectivity index is 1.21. The van der Waals surface area contributed by atoms with E-state index in [4.69, 9.17) is 11.5 Å². The van der Waals surface area contributed by atoms with Crippen molar-refractivity contribution < 1.29 is 38.0 Å². The predicted molar refractivity (Wildman–Crippen MR) is 255 cm³/mol. The van der Waals surface area contributed by atoms with Crippen molar-refractivity contribution >= 4 is 62.8 Å². The first-order valence-corrected chi connectivity index (χ1v) is 24.1. The summed E-state index contributed by atoms with van der Waals surface area (Å²) in [4.78, 5) is 98.6. The summed E-state index contributed by atoms with van der Waals surface area (Å²) in [6.45, 7) is 1.65. The highest BCUT2D eigenvalue weighted by atomic mass is 32.1. The third-order valence-corrected chi connectivity index (χ3v) is 13.7. The number of carbonyl (C=O) groups excluding carboxylic acids is 7. The lowest BCUT2D eigenvalue weighted by Gasteiger charge is -2.32. The van der Waals surface area contributed by atoms with Crippen LogP contribution in [-0.2, 0) is 52.8 Å². The molecule has 0 spiro atoms. The molecule has 6 rings (SSSR count). The van der Waals surface area contributed by atoms with Crippen LogP contribution in [0.25, 0.3) is 10.1 Å². The van der Waals surface area contributed by atoms with E-state index in [2.05, 4.69) is 26.6 Å². The summed E-state index contributed by atoms with van der Waals surface area (Å²) in [5, 5.41) is 15.0. The number of hydrogen-bond donors (Lipinski definition) is 7. The number of hydrogen-bond acceptors (Lipinski definition) is 9. The van der Waals surface area contributed by atoms with Crippen molar-refractivity contribution in [2.45, 2.75) is 127 Å². The third-order valence-electron chi connectivity index (χ3n) is 12.6. The van der Waals surface area contributed by atoms with Crippen molar-refractivity contribution in [1.82, 2.24) is 31.5 Å². The summed E-state index contributed by atoms with van der Waals surface area (Å²) in [7, 11) is 0. The zero-order chi connectivity index (χ0) is 47.9. The van der Waals surface area contributed by atoms with Gasteiger partial charge in [0.05, 0.1) is 0 Å². The fourth-order valence-electron chi connectivity index (χ4n) is 9.11. The molecule has 358 valence electrons. The standard InChI is InChI=1S/C50H63FN8O7S/c1-31(60)54-41(29-34-18-8-10-20-37(34)51)47(63)55-38(21-12-24-52)50(66)59-25-13-22-43(59)49(65)58-40(27-33-16-6-3-7-17-33)46(62)57-42(30-36-28-35-19-9-11-23-44(35)67-36)48(64)56-39(45(53)61)26-32-14-4-2-5-15-32/h2,4-5,8-11,14-15,18-20,23,28,33,38-43H,3,6-7,12-13,16-17,21-22,24-27,29-30,52H2,1H3,(H2,53,61)(H,54,60)(H,55,63)(H,56,64)(H,57,62)(H,58,65)/t38-,39-,40+,41-,42-,43-/m0/s1. The quantitative estimate of drug-likeness (QED) is 0.0613. The van der Waals surface area contributed by atoms with Gasteiger partial charge in [-0.25, -0.2) is 4.39 Å². The summed E-state index contributed by atoms with van der Waals surface area (Å²) >= 11 is 1.48. The van der Waals surface area contributed by atoms with Gasteiger partial charge in [0.2, 0.25) is 41.4 Å². The van der Waals surface area contributed by atoms with Crippen LogP contribution in [0, 0.1) is 11.7 Å². The van der Waals surface area contributed by atoms with Gasteiger partial charge in [0.25, 0.3) is 0 Å². The fraction of sp³-hybridized carbons (Fsp3) is 0.460. The fourth-order valence-corrected chi connectivity index (χ4v) is 10.2. The molecule has 0 radical (unpaired) electrons. The van der Waals surface area contributed by atoms with E-state index < -0.39 is 83.4 Å². The number of fused-ring (bicyclic) bond motifs is 1. The molecule has 67 heavy (non-hydrogen) atoms. The molecule has 2 aliphatic rings. The molecule has 1 aliphatic heterocycles. The molecule has 1 aliphatic carbocycles. The topological polar surface area (TPSA) is 235 Å². The molecule has 1 saturated heterocycles. The molecule has 2 fully saturated rings. The number of nitrogens with zero attached hydrogens (tertiary/aromatic N) is 1. The Labute approximate surface area is 394 Å². The second kappa shape index (κ2) is 24.5. The van der Waals surface area contributed by atoms with Crippen LogP contribution in [0.2, 0.25) is 0 Å². The van der Waals surface area contributed by atoms with Crippen molar-refractivity contribution in [3.8, 4) is 0 Å². The van der Waals surface area contributed by atoms with Crippen molar-refractivity contribution in [3.63, 3.8) is 0 Å². The number of nitrogens with one attached hydrogen (secondary N) is 5. The van der Waals surface area contributed by atoms with E-state index in [0.29, 0.717) is 25.7 Å². The van der Waals surface area contributed by atoms with Crippen LogP contribution in [0.15, 0.2) is 84.9 Å². The molecule has 4 aromatic rings. The number of benzene rings is 3. The number of primary amides is 1. The number of nitrogens with two attached hydrogens (primary N) is 2. The smallest absolute Gasteiger partial charge is 0.245 e. The molecule has 15 nitrogen and oxygen atoms in total. The molecule has 7 amide bonds. The van der Waals surface area contributed by atoms with Gasteiger partial charge in [0.15, 0.2) is 0 Å². The summed E-state index contributed by atoms with van der Waals surface area (Å²) in [5.41, 5.74) is 12.6. The highest BCUT2D eigenvalue weighted by molar-refractivity contribution is 7.19. The number of carbonyl (C=O) groups is 7. The number of rotatable bonds is 22. The minimum atomic E-state index is -1.20. The second-order valence-electron chi connectivity index (χ2n) is 17.7. The molecular formula is C50H63FN8O7S. The van der Waals surface area contributed by atoms with E-state index in [1.54, 1.807) is 6.07 Å². The minimum absolute atomic E-state index is 0.0989. The van der Waals surface area contributed by atoms with E-state index in [1.165, 1.54) is 41.4 Å². The Hall–Kier alpha value is -6.20. The molecule has 0 unspecified atom stereocenters. The molecule has 0 bridgehead atoms. The number of thiophene rings is 1. The largest absolute Gasteiger partial charge is 0.368 e. The number of halogens is 1. The van der Waals surface area contributed by atoms with Gasteiger partial charge in [-0.1, -0.05) is 98.8 Å². The molecule has 6 atom stereocenters. The highest BCUT2D eigenvalue weighted by Gasteiger charge is 2.40. The Bertz CT molecular complexity index is 2330.